The molecule has 0 atom stereocenters. The van der Waals surface area contributed by atoms with E-state index in [1.165, 1.54) is 0 Å². The number of nitrogens with zero attached hydrogens (tertiary/aromatic N) is 2. The van der Waals surface area contributed by atoms with Crippen LogP contribution < -0.4 is 0 Å². The molecule has 0 spiro atoms. The van der Waals surface area contributed by atoms with E-state index in [4.69, 9.17) is 5.11 Å². The summed E-state index contributed by atoms with van der Waals surface area (Å²) in [6.45, 7) is -3.05. The Morgan fingerprint density at radius 2 is 2.33 bits per heavy atom. The minimum atomic E-state index is -2.83. The van der Waals surface area contributed by atoms with Crippen molar-refractivity contribution in [3.05, 3.63) is 5.69 Å². The molecule has 0 aromatic carbocycles. The fraction of sp³-hybridized carbons (Fsp3) is 0.500. The molecule has 0 saturated carbocycles. The van der Waals surface area contributed by atoms with Gasteiger partial charge in [-0.1, -0.05) is 11.8 Å². The number of carboxylic acid groups (broad SMARTS) is 1. The highest BCUT2D eigenvalue weighted by Crippen LogP contribution is 2.18. The summed E-state index contributed by atoms with van der Waals surface area (Å²) in [5.41, 5.74) is -0.336. The highest BCUT2D eigenvalue weighted by atomic mass is 32.2. The molecule has 0 radical (unpaired) electrons. The predicted octanol–water partition coefficient (Wildman–Crippen LogP) is 1.10. The largest absolute Gasteiger partial charge is 0.476 e. The standard InChI is InChI=1S/C6H6F2N2O4S/c7-6(8)13-1-2-15-4-3(5(11)12)9-14-10-4/h6H,1-2H2,(H,11,12). The summed E-state index contributed by atoms with van der Waals surface area (Å²) in [6, 6.07) is 0. The minimum absolute atomic E-state index is 0.0420. The lowest BCUT2D eigenvalue weighted by Gasteiger charge is -1.99. The number of carbonyl (C=O) groups is 1. The molecule has 0 aliphatic rings. The Balaban J connectivity index is 2.37. The van der Waals surface area contributed by atoms with E-state index in [2.05, 4.69) is 19.7 Å². The molecule has 84 valence electrons. The first-order valence-electron chi connectivity index (χ1n) is 3.69. The molecule has 1 heterocycles. The number of rotatable bonds is 6. The zero-order valence-corrected chi connectivity index (χ0v) is 8.04. The van der Waals surface area contributed by atoms with Gasteiger partial charge in [0.2, 0.25) is 5.69 Å². The van der Waals surface area contributed by atoms with Gasteiger partial charge in [0, 0.05) is 5.75 Å². The van der Waals surface area contributed by atoms with Crippen LogP contribution >= 0.6 is 11.8 Å². The second-order valence-electron chi connectivity index (χ2n) is 2.20. The van der Waals surface area contributed by atoms with E-state index < -0.39 is 12.6 Å². The third-order valence-corrected chi connectivity index (χ3v) is 2.14. The number of aromatic nitrogens is 2. The van der Waals surface area contributed by atoms with Gasteiger partial charge in [0.25, 0.3) is 0 Å². The molecule has 0 aliphatic carbocycles. The molecule has 1 rings (SSSR count). The third kappa shape index (κ3) is 3.80. The Hall–Kier alpha value is -1.22. The van der Waals surface area contributed by atoms with E-state index in [1.807, 2.05) is 0 Å². The van der Waals surface area contributed by atoms with E-state index in [9.17, 15) is 13.6 Å². The van der Waals surface area contributed by atoms with Crippen LogP contribution in [0.1, 0.15) is 10.5 Å². The highest BCUT2D eigenvalue weighted by Gasteiger charge is 2.17. The van der Waals surface area contributed by atoms with Gasteiger partial charge in [-0.25, -0.2) is 9.42 Å². The number of halogens is 2. The Labute approximate surface area is 86.6 Å². The zero-order valence-electron chi connectivity index (χ0n) is 7.22. The SMILES string of the molecule is O=C(O)c1nonc1SCCOC(F)F. The number of ether oxygens (including phenoxy) is 1. The predicted molar refractivity (Wildman–Crippen MR) is 43.9 cm³/mol. The van der Waals surface area contributed by atoms with Crippen LogP contribution in [0.3, 0.4) is 0 Å². The fourth-order valence-corrected chi connectivity index (χ4v) is 1.40. The van der Waals surface area contributed by atoms with Gasteiger partial charge in [-0.2, -0.15) is 8.78 Å². The number of alkyl halides is 2. The van der Waals surface area contributed by atoms with Crippen molar-refractivity contribution in [2.75, 3.05) is 12.4 Å². The van der Waals surface area contributed by atoms with E-state index >= 15 is 0 Å². The molecule has 9 heteroatoms. The monoisotopic (exact) mass is 240 g/mol. The average Bonchev–Trinajstić information content (AvgIpc) is 2.60. The lowest BCUT2D eigenvalue weighted by molar-refractivity contribution is -0.123. The fourth-order valence-electron chi connectivity index (χ4n) is 0.681. The van der Waals surface area contributed by atoms with Crippen molar-refractivity contribution in [3.8, 4) is 0 Å². The highest BCUT2D eigenvalue weighted by molar-refractivity contribution is 7.99. The van der Waals surface area contributed by atoms with Crippen molar-refractivity contribution in [2.45, 2.75) is 11.6 Å². The maximum atomic E-state index is 11.5. The zero-order chi connectivity index (χ0) is 11.3. The van der Waals surface area contributed by atoms with Crippen LogP contribution in [0.5, 0.6) is 0 Å². The summed E-state index contributed by atoms with van der Waals surface area (Å²) in [4.78, 5) is 10.5. The van der Waals surface area contributed by atoms with E-state index in [0.29, 0.717) is 0 Å². The van der Waals surface area contributed by atoms with Gasteiger partial charge in [-0.3, -0.25) is 0 Å². The second-order valence-corrected chi connectivity index (χ2v) is 3.29. The molecular formula is C6H6F2N2O4S. The molecule has 0 unspecified atom stereocenters. The number of carboxylic acids is 1. The first-order chi connectivity index (χ1) is 7.11. The normalized spacial score (nSPS) is 10.9. The van der Waals surface area contributed by atoms with Crippen LogP contribution in [0, 0.1) is 0 Å². The van der Waals surface area contributed by atoms with Gasteiger partial charge < -0.3 is 9.84 Å². The molecule has 0 aliphatic heterocycles. The summed E-state index contributed by atoms with van der Waals surface area (Å²) in [5.74, 6) is -1.15. The summed E-state index contributed by atoms with van der Waals surface area (Å²) in [5, 5.41) is 15.1. The van der Waals surface area contributed by atoms with Crippen LogP contribution in [0.4, 0.5) is 8.78 Å². The van der Waals surface area contributed by atoms with Crippen molar-refractivity contribution in [1.82, 2.24) is 10.3 Å². The Bertz CT molecular complexity index is 333. The molecule has 6 nitrogen and oxygen atoms in total. The van der Waals surface area contributed by atoms with Crippen LogP contribution in [0.15, 0.2) is 9.65 Å². The van der Waals surface area contributed by atoms with E-state index in [-0.39, 0.29) is 23.1 Å². The van der Waals surface area contributed by atoms with Gasteiger partial charge in [0.15, 0.2) is 5.03 Å². The van der Waals surface area contributed by atoms with Crippen LogP contribution in [0.25, 0.3) is 0 Å². The van der Waals surface area contributed by atoms with Crippen LogP contribution in [-0.4, -0.2) is 40.4 Å². The van der Waals surface area contributed by atoms with Gasteiger partial charge in [-0.05, 0) is 10.3 Å². The number of hydrogen-bond donors (Lipinski definition) is 1. The molecular weight excluding hydrogens is 234 g/mol. The smallest absolute Gasteiger partial charge is 0.361 e. The quantitative estimate of drug-likeness (QED) is 0.588. The number of thioether (sulfide) groups is 1. The lowest BCUT2D eigenvalue weighted by Crippen LogP contribution is -2.04. The van der Waals surface area contributed by atoms with Crippen molar-refractivity contribution >= 4 is 17.7 Å². The van der Waals surface area contributed by atoms with Crippen LogP contribution in [0.2, 0.25) is 0 Å². The summed E-state index contributed by atoms with van der Waals surface area (Å²) in [6.07, 6.45) is 0. The molecule has 1 aromatic heterocycles. The first kappa shape index (κ1) is 11.9. The molecule has 0 amide bonds. The van der Waals surface area contributed by atoms with E-state index in [0.717, 1.165) is 11.8 Å². The molecule has 1 aromatic rings. The number of aromatic carboxylic acids is 1. The van der Waals surface area contributed by atoms with Crippen molar-refractivity contribution in [3.63, 3.8) is 0 Å². The number of hydrogen-bond acceptors (Lipinski definition) is 6. The summed E-state index contributed by atoms with van der Waals surface area (Å²) < 4.78 is 31.2. The summed E-state index contributed by atoms with van der Waals surface area (Å²) in [7, 11) is 0. The average molecular weight is 240 g/mol. The minimum Gasteiger partial charge on any atom is -0.476 e. The van der Waals surface area contributed by atoms with Crippen molar-refractivity contribution in [1.29, 1.82) is 0 Å². The lowest BCUT2D eigenvalue weighted by atomic mass is 10.5. The molecule has 0 bridgehead atoms. The third-order valence-electron chi connectivity index (χ3n) is 1.23. The summed E-state index contributed by atoms with van der Waals surface area (Å²) >= 11 is 0.917. The van der Waals surface area contributed by atoms with Gasteiger partial charge in [-0.15, -0.1) is 0 Å². The first-order valence-corrected chi connectivity index (χ1v) is 4.68. The van der Waals surface area contributed by atoms with E-state index in [1.54, 1.807) is 0 Å². The van der Waals surface area contributed by atoms with Crippen molar-refractivity contribution in [2.24, 2.45) is 0 Å². The van der Waals surface area contributed by atoms with Crippen LogP contribution in [-0.2, 0) is 4.74 Å². The molecule has 15 heavy (non-hydrogen) atoms. The molecule has 1 N–H and O–H groups in total. The second kappa shape index (κ2) is 5.61. The Morgan fingerprint density at radius 3 is 2.93 bits per heavy atom. The topological polar surface area (TPSA) is 85.5 Å². The maximum Gasteiger partial charge on any atom is 0.361 e. The molecule has 0 fully saturated rings. The Kier molecular flexibility index (Phi) is 4.43. The van der Waals surface area contributed by atoms with Gasteiger partial charge in [0.05, 0.1) is 6.61 Å². The molecule has 0 saturated heterocycles. The Morgan fingerprint density at radius 1 is 1.60 bits per heavy atom. The van der Waals surface area contributed by atoms with Gasteiger partial charge >= 0.3 is 12.6 Å². The van der Waals surface area contributed by atoms with Gasteiger partial charge in [0.1, 0.15) is 0 Å². The maximum absolute atomic E-state index is 11.5. The van der Waals surface area contributed by atoms with Crippen molar-refractivity contribution < 1.29 is 28.0 Å².